The van der Waals surface area contributed by atoms with Crippen molar-refractivity contribution in [3.63, 3.8) is 0 Å². The van der Waals surface area contributed by atoms with E-state index in [0.717, 1.165) is 25.8 Å². The van der Waals surface area contributed by atoms with Crippen molar-refractivity contribution in [2.75, 3.05) is 55.8 Å². The molecular formula is C26H29FN6O4. The highest BCUT2D eigenvalue weighted by Crippen LogP contribution is 2.41. The van der Waals surface area contributed by atoms with Gasteiger partial charge in [0.05, 0.1) is 35.6 Å². The van der Waals surface area contributed by atoms with Crippen molar-refractivity contribution in [1.29, 1.82) is 5.26 Å². The lowest BCUT2D eigenvalue weighted by Crippen LogP contribution is -2.43. The summed E-state index contributed by atoms with van der Waals surface area (Å²) in [5, 5.41) is 19.7. The van der Waals surface area contributed by atoms with E-state index in [1.54, 1.807) is 0 Å². The first kappa shape index (κ1) is 23.9. The summed E-state index contributed by atoms with van der Waals surface area (Å²) >= 11 is 0. The molecule has 1 amide bonds. The normalized spacial score (nSPS) is 25.6. The summed E-state index contributed by atoms with van der Waals surface area (Å²) in [6.07, 6.45) is 2.24. The first-order valence-electron chi connectivity index (χ1n) is 12.8. The zero-order valence-corrected chi connectivity index (χ0v) is 20.5. The molecule has 0 radical (unpaired) electrons. The van der Waals surface area contributed by atoms with Crippen LogP contribution in [0.2, 0.25) is 0 Å². The number of fused-ring (bicyclic) bond motifs is 2. The number of rotatable bonds is 5. The third-order valence-corrected chi connectivity index (χ3v) is 7.86. The summed E-state index contributed by atoms with van der Waals surface area (Å²) in [5.41, 5.74) is 1.11. The van der Waals surface area contributed by atoms with E-state index < -0.39 is 6.17 Å². The van der Waals surface area contributed by atoms with Crippen molar-refractivity contribution < 1.29 is 23.8 Å². The molecule has 0 spiro atoms. The lowest BCUT2D eigenvalue weighted by Gasteiger charge is -2.31. The van der Waals surface area contributed by atoms with Gasteiger partial charge in [-0.05, 0) is 37.9 Å². The average Bonchev–Trinajstić information content (AvgIpc) is 3.42. The molecule has 0 aliphatic carbocycles. The number of alkyl halides is 1. The number of benzene rings is 1. The van der Waals surface area contributed by atoms with Gasteiger partial charge in [0, 0.05) is 38.7 Å². The number of carbonyl (C=O) groups excluding carboxylic acids is 1. The van der Waals surface area contributed by atoms with Crippen LogP contribution >= 0.6 is 0 Å². The molecule has 5 heterocycles. The predicted octanol–water partition coefficient (Wildman–Crippen LogP) is 2.40. The van der Waals surface area contributed by atoms with Crippen molar-refractivity contribution in [2.45, 2.75) is 43.9 Å². The van der Waals surface area contributed by atoms with Crippen LogP contribution in [0.3, 0.4) is 0 Å². The summed E-state index contributed by atoms with van der Waals surface area (Å²) < 4.78 is 26.0. The van der Waals surface area contributed by atoms with E-state index >= 15 is 0 Å². The predicted molar refractivity (Wildman–Crippen MR) is 132 cm³/mol. The molecule has 3 saturated heterocycles. The van der Waals surface area contributed by atoms with Gasteiger partial charge in [0.25, 0.3) is 5.91 Å². The third-order valence-electron chi connectivity index (χ3n) is 7.86. The van der Waals surface area contributed by atoms with Crippen LogP contribution < -0.4 is 14.5 Å². The minimum atomic E-state index is -0.861. The molecule has 0 bridgehead atoms. The second-order valence-electron chi connectivity index (χ2n) is 10.2. The Hall–Kier alpha value is -3.49. The Balaban J connectivity index is 1.35. The topological polar surface area (TPSA) is 115 Å². The number of phenolic OH excluding ortho intramolecular Hbond substituents is 1. The molecule has 2 atom stereocenters. The van der Waals surface area contributed by atoms with E-state index in [1.807, 2.05) is 4.90 Å². The van der Waals surface area contributed by atoms with Gasteiger partial charge >= 0.3 is 6.01 Å². The summed E-state index contributed by atoms with van der Waals surface area (Å²) in [7, 11) is 0. The number of hydrogen-bond donors (Lipinski definition) is 1. The van der Waals surface area contributed by atoms with Crippen molar-refractivity contribution in [1.82, 2.24) is 14.9 Å². The van der Waals surface area contributed by atoms with Crippen molar-refractivity contribution in [3.8, 4) is 17.8 Å². The van der Waals surface area contributed by atoms with E-state index in [1.165, 1.54) is 23.1 Å². The minimum Gasteiger partial charge on any atom is -0.508 e. The molecule has 1 aromatic heterocycles. The molecular weight excluding hydrogens is 479 g/mol. The Morgan fingerprint density at radius 1 is 1.24 bits per heavy atom. The van der Waals surface area contributed by atoms with Crippen LogP contribution in [0.1, 0.15) is 47.3 Å². The van der Waals surface area contributed by atoms with Crippen LogP contribution in [0, 0.1) is 11.3 Å². The van der Waals surface area contributed by atoms with Crippen LogP contribution in [0.5, 0.6) is 11.8 Å². The van der Waals surface area contributed by atoms with Gasteiger partial charge in [-0.1, -0.05) is 0 Å². The number of aromatic nitrogens is 2. The Morgan fingerprint density at radius 2 is 2.14 bits per heavy atom. The molecule has 4 aliphatic heterocycles. The summed E-state index contributed by atoms with van der Waals surface area (Å²) in [5.74, 6) is 0.105. The standard InChI is InChI=1S/C26H29FN6O4/c27-18-12-26(5-1-7-32(26)14-18)16-37-25-29-20-15-33(21-11-19(34)4-3-17(21)13-28)24(35)22(20)23(30-25)31-6-2-9-36-10-8-31/h3-4,11,18,34H,1-2,5-10,12,14-16H2. The monoisotopic (exact) mass is 508 g/mol. The van der Waals surface area contributed by atoms with E-state index in [-0.39, 0.29) is 41.9 Å². The fourth-order valence-corrected chi connectivity index (χ4v) is 6.09. The Bertz CT molecular complexity index is 1260. The quantitative estimate of drug-likeness (QED) is 0.650. The fourth-order valence-electron chi connectivity index (χ4n) is 6.09. The van der Waals surface area contributed by atoms with Gasteiger partial charge in [0.2, 0.25) is 0 Å². The number of ether oxygens (including phenoxy) is 2. The van der Waals surface area contributed by atoms with Gasteiger partial charge in [-0.15, -0.1) is 0 Å². The number of halogens is 1. The lowest BCUT2D eigenvalue weighted by molar-refractivity contribution is 0.0995. The molecule has 3 fully saturated rings. The molecule has 194 valence electrons. The number of nitriles is 1. The SMILES string of the molecule is N#Cc1ccc(O)cc1N1Cc2nc(OCC34CCCN3CC(F)C4)nc(N3CCCOCC3)c2C1=O. The number of carbonyl (C=O) groups is 1. The van der Waals surface area contributed by atoms with E-state index in [9.17, 15) is 19.6 Å². The van der Waals surface area contributed by atoms with Gasteiger partial charge in [-0.3, -0.25) is 9.69 Å². The number of anilines is 2. The van der Waals surface area contributed by atoms with Crippen molar-refractivity contribution in [2.24, 2.45) is 0 Å². The highest BCUT2D eigenvalue weighted by Gasteiger charge is 2.49. The number of hydrogen-bond acceptors (Lipinski definition) is 9. The number of nitrogens with zero attached hydrogens (tertiary/aromatic N) is 6. The molecule has 10 nitrogen and oxygen atoms in total. The first-order chi connectivity index (χ1) is 18.0. The molecule has 2 unspecified atom stereocenters. The van der Waals surface area contributed by atoms with Crippen LogP contribution in [-0.4, -0.2) is 83.6 Å². The van der Waals surface area contributed by atoms with Crippen molar-refractivity contribution >= 4 is 17.4 Å². The minimum absolute atomic E-state index is 0.0409. The zero-order valence-electron chi connectivity index (χ0n) is 20.5. The largest absolute Gasteiger partial charge is 0.508 e. The third kappa shape index (κ3) is 4.24. The maximum atomic E-state index is 14.2. The van der Waals surface area contributed by atoms with Gasteiger partial charge < -0.3 is 24.4 Å². The molecule has 1 N–H and O–H groups in total. The average molecular weight is 509 g/mol. The highest BCUT2D eigenvalue weighted by molar-refractivity contribution is 6.13. The molecule has 11 heteroatoms. The molecule has 1 aromatic carbocycles. The first-order valence-corrected chi connectivity index (χ1v) is 12.8. The van der Waals surface area contributed by atoms with Gasteiger partial charge in [-0.25, -0.2) is 4.39 Å². The molecule has 6 rings (SSSR count). The lowest BCUT2D eigenvalue weighted by atomic mass is 9.95. The summed E-state index contributed by atoms with van der Waals surface area (Å²) in [6.45, 7) is 4.06. The van der Waals surface area contributed by atoms with E-state index in [2.05, 4.69) is 16.0 Å². The molecule has 37 heavy (non-hydrogen) atoms. The maximum absolute atomic E-state index is 14.2. The fraction of sp³-hybridized carbons (Fsp3) is 0.538. The van der Waals surface area contributed by atoms with E-state index in [0.29, 0.717) is 62.0 Å². The van der Waals surface area contributed by atoms with Crippen molar-refractivity contribution in [3.05, 3.63) is 35.0 Å². The molecule has 2 aromatic rings. The van der Waals surface area contributed by atoms with Crippen LogP contribution in [0.15, 0.2) is 18.2 Å². The maximum Gasteiger partial charge on any atom is 0.318 e. The van der Waals surface area contributed by atoms with Crippen LogP contribution in [-0.2, 0) is 11.3 Å². The van der Waals surface area contributed by atoms with E-state index in [4.69, 9.17) is 14.5 Å². The smallest absolute Gasteiger partial charge is 0.318 e. The highest BCUT2D eigenvalue weighted by atomic mass is 19.1. The molecule has 0 saturated carbocycles. The number of phenols is 1. The Kier molecular flexibility index (Phi) is 6.09. The second-order valence-corrected chi connectivity index (χ2v) is 10.2. The number of aromatic hydroxyl groups is 1. The van der Waals surface area contributed by atoms with Gasteiger partial charge in [-0.2, -0.15) is 15.2 Å². The van der Waals surface area contributed by atoms with Crippen LogP contribution in [0.4, 0.5) is 15.9 Å². The Morgan fingerprint density at radius 3 is 3.00 bits per heavy atom. The summed E-state index contributed by atoms with van der Waals surface area (Å²) in [4.78, 5) is 28.7. The van der Waals surface area contributed by atoms with Crippen LogP contribution in [0.25, 0.3) is 0 Å². The molecule has 4 aliphatic rings. The zero-order chi connectivity index (χ0) is 25.6. The second kappa shape index (κ2) is 9.43. The summed E-state index contributed by atoms with van der Waals surface area (Å²) in [6, 6.07) is 6.57. The number of amides is 1. The van der Waals surface area contributed by atoms with Gasteiger partial charge in [0.1, 0.15) is 36.0 Å². The van der Waals surface area contributed by atoms with Gasteiger partial charge in [0.15, 0.2) is 0 Å². The Labute approximate surface area is 214 Å².